The van der Waals surface area contributed by atoms with E-state index < -0.39 is 0 Å². The lowest BCUT2D eigenvalue weighted by Gasteiger charge is -2.04. The zero-order valence-corrected chi connectivity index (χ0v) is 10.8. The van der Waals surface area contributed by atoms with E-state index in [1.807, 2.05) is 0 Å². The Labute approximate surface area is 110 Å². The summed E-state index contributed by atoms with van der Waals surface area (Å²) in [4.78, 5) is 0. The van der Waals surface area contributed by atoms with Gasteiger partial charge in [0.15, 0.2) is 0 Å². The van der Waals surface area contributed by atoms with Crippen molar-refractivity contribution in [2.45, 2.75) is 38.2 Å². The van der Waals surface area contributed by atoms with Crippen molar-refractivity contribution in [3.8, 4) is 0 Å². The van der Waals surface area contributed by atoms with E-state index in [0.717, 1.165) is 30.6 Å². The Morgan fingerprint density at radius 3 is 2.56 bits per heavy atom. The summed E-state index contributed by atoms with van der Waals surface area (Å²) in [5.41, 5.74) is 1.44. The van der Waals surface area contributed by atoms with E-state index in [-0.39, 0.29) is 6.10 Å². The van der Waals surface area contributed by atoms with Gasteiger partial charge in [0.2, 0.25) is 0 Å². The predicted octanol–water partition coefficient (Wildman–Crippen LogP) is 3.58. The molecule has 2 atom stereocenters. The van der Waals surface area contributed by atoms with Gasteiger partial charge >= 0.3 is 0 Å². The van der Waals surface area contributed by atoms with Crippen LogP contribution in [0.15, 0.2) is 42.5 Å². The Kier molecular flexibility index (Phi) is 3.51. The van der Waals surface area contributed by atoms with E-state index in [9.17, 15) is 5.11 Å². The molecule has 2 fully saturated rings. The van der Waals surface area contributed by atoms with Crippen molar-refractivity contribution in [1.29, 1.82) is 0 Å². The van der Waals surface area contributed by atoms with Gasteiger partial charge < -0.3 is 5.11 Å². The molecule has 3 rings (SSSR count). The standard InChI is InChI=1S/C17H22O/c18-14-11-16-15(17(16)12-14)10-6-2-5-9-13-7-3-1-4-8-13/h1,3-4,6-8,10,14-18H,2,5,9,11-12H2. The molecule has 0 aliphatic heterocycles. The van der Waals surface area contributed by atoms with Crippen molar-refractivity contribution in [2.24, 2.45) is 17.8 Å². The molecule has 0 bridgehead atoms. The fourth-order valence-corrected chi connectivity index (χ4v) is 3.47. The molecule has 18 heavy (non-hydrogen) atoms. The number of hydrogen-bond donors (Lipinski definition) is 1. The van der Waals surface area contributed by atoms with E-state index in [2.05, 4.69) is 42.5 Å². The number of unbranched alkanes of at least 4 members (excludes halogenated alkanes) is 1. The summed E-state index contributed by atoms with van der Waals surface area (Å²) in [5.74, 6) is 2.42. The Hall–Kier alpha value is -1.08. The molecule has 2 aliphatic carbocycles. The topological polar surface area (TPSA) is 20.2 Å². The summed E-state index contributed by atoms with van der Waals surface area (Å²) in [7, 11) is 0. The highest BCUT2D eigenvalue weighted by molar-refractivity contribution is 5.15. The lowest BCUT2D eigenvalue weighted by atomic mass is 10.1. The molecule has 2 saturated carbocycles. The third-order valence-corrected chi connectivity index (χ3v) is 4.52. The quantitative estimate of drug-likeness (QED) is 0.618. The van der Waals surface area contributed by atoms with Gasteiger partial charge in [-0.15, -0.1) is 0 Å². The second-order valence-corrected chi connectivity index (χ2v) is 5.84. The first-order chi connectivity index (χ1) is 8.84. The Balaban J connectivity index is 1.34. The zero-order valence-electron chi connectivity index (χ0n) is 10.8. The molecular weight excluding hydrogens is 220 g/mol. The van der Waals surface area contributed by atoms with Crippen LogP contribution in [0.5, 0.6) is 0 Å². The van der Waals surface area contributed by atoms with Crippen molar-refractivity contribution >= 4 is 0 Å². The Morgan fingerprint density at radius 2 is 1.83 bits per heavy atom. The molecule has 0 saturated heterocycles. The molecule has 0 amide bonds. The summed E-state index contributed by atoms with van der Waals surface area (Å²) < 4.78 is 0. The molecule has 2 aliphatic rings. The van der Waals surface area contributed by atoms with Crippen LogP contribution in [0.1, 0.15) is 31.2 Å². The first-order valence-corrected chi connectivity index (χ1v) is 7.23. The maximum atomic E-state index is 9.46. The van der Waals surface area contributed by atoms with Crippen molar-refractivity contribution in [2.75, 3.05) is 0 Å². The third kappa shape index (κ3) is 2.67. The van der Waals surface area contributed by atoms with Crippen LogP contribution in [0.2, 0.25) is 0 Å². The minimum absolute atomic E-state index is 0.00253. The molecule has 1 heteroatoms. The summed E-state index contributed by atoms with van der Waals surface area (Å²) in [5, 5.41) is 9.46. The fourth-order valence-electron chi connectivity index (χ4n) is 3.47. The first kappa shape index (κ1) is 12.0. The van der Waals surface area contributed by atoms with Gasteiger partial charge in [-0.2, -0.15) is 0 Å². The molecule has 1 N–H and O–H groups in total. The average Bonchev–Trinajstić information content (AvgIpc) is 2.85. The van der Waals surface area contributed by atoms with Gasteiger partial charge in [0.25, 0.3) is 0 Å². The van der Waals surface area contributed by atoms with E-state index in [4.69, 9.17) is 0 Å². The Morgan fingerprint density at radius 1 is 1.11 bits per heavy atom. The van der Waals surface area contributed by atoms with Crippen LogP contribution in [-0.4, -0.2) is 11.2 Å². The second kappa shape index (κ2) is 5.27. The van der Waals surface area contributed by atoms with Gasteiger partial charge in [-0.1, -0.05) is 42.5 Å². The molecule has 0 radical (unpaired) electrons. The number of aryl methyl sites for hydroxylation is 1. The highest BCUT2D eigenvalue weighted by Crippen LogP contribution is 2.58. The van der Waals surface area contributed by atoms with E-state index in [0.29, 0.717) is 0 Å². The van der Waals surface area contributed by atoms with Gasteiger partial charge in [0, 0.05) is 0 Å². The predicted molar refractivity (Wildman–Crippen MR) is 74.2 cm³/mol. The number of aliphatic hydroxyl groups is 1. The first-order valence-electron chi connectivity index (χ1n) is 7.23. The number of hydrogen-bond acceptors (Lipinski definition) is 1. The number of fused-ring (bicyclic) bond motifs is 1. The van der Waals surface area contributed by atoms with Gasteiger partial charge in [-0.25, -0.2) is 0 Å². The maximum Gasteiger partial charge on any atom is 0.0546 e. The minimum Gasteiger partial charge on any atom is -0.393 e. The normalized spacial score (nSPS) is 33.8. The van der Waals surface area contributed by atoms with Crippen LogP contribution < -0.4 is 0 Å². The molecule has 1 aromatic carbocycles. The minimum atomic E-state index is 0.00253. The fraction of sp³-hybridized carbons (Fsp3) is 0.529. The van der Waals surface area contributed by atoms with E-state index in [1.54, 1.807) is 0 Å². The second-order valence-electron chi connectivity index (χ2n) is 5.84. The molecule has 2 unspecified atom stereocenters. The Bertz CT molecular complexity index is 397. The van der Waals surface area contributed by atoms with Crippen LogP contribution in [0.4, 0.5) is 0 Å². The monoisotopic (exact) mass is 242 g/mol. The lowest BCUT2D eigenvalue weighted by molar-refractivity contribution is 0.164. The SMILES string of the molecule is OC1CC2C(C=CCCCc3ccccc3)C2C1. The van der Waals surface area contributed by atoms with Crippen molar-refractivity contribution in [3.05, 3.63) is 48.0 Å². The molecule has 0 heterocycles. The van der Waals surface area contributed by atoms with Crippen molar-refractivity contribution in [3.63, 3.8) is 0 Å². The molecule has 1 aromatic rings. The molecule has 0 aromatic heterocycles. The molecule has 1 nitrogen and oxygen atoms in total. The van der Waals surface area contributed by atoms with Crippen LogP contribution in [-0.2, 0) is 6.42 Å². The molecule has 96 valence electrons. The van der Waals surface area contributed by atoms with E-state index in [1.165, 1.54) is 24.8 Å². The molecule has 0 spiro atoms. The summed E-state index contributed by atoms with van der Waals surface area (Å²) >= 11 is 0. The van der Waals surface area contributed by atoms with Gasteiger partial charge in [0.05, 0.1) is 6.10 Å². The zero-order chi connectivity index (χ0) is 12.4. The number of aliphatic hydroxyl groups excluding tert-OH is 1. The number of rotatable bonds is 5. The van der Waals surface area contributed by atoms with Gasteiger partial charge in [0.1, 0.15) is 0 Å². The highest BCUT2D eigenvalue weighted by Gasteiger charge is 2.53. The summed E-state index contributed by atoms with van der Waals surface area (Å²) in [6.07, 6.45) is 10.5. The summed E-state index contributed by atoms with van der Waals surface area (Å²) in [6, 6.07) is 10.7. The summed E-state index contributed by atoms with van der Waals surface area (Å²) in [6.45, 7) is 0. The van der Waals surface area contributed by atoms with Gasteiger partial charge in [-0.05, 0) is 55.4 Å². The number of allylic oxidation sites excluding steroid dienone is 2. The van der Waals surface area contributed by atoms with Crippen LogP contribution >= 0.6 is 0 Å². The third-order valence-electron chi connectivity index (χ3n) is 4.52. The largest absolute Gasteiger partial charge is 0.393 e. The van der Waals surface area contributed by atoms with Gasteiger partial charge in [-0.3, -0.25) is 0 Å². The average molecular weight is 242 g/mol. The van der Waals surface area contributed by atoms with Crippen molar-refractivity contribution in [1.82, 2.24) is 0 Å². The van der Waals surface area contributed by atoms with Crippen molar-refractivity contribution < 1.29 is 5.11 Å². The molecular formula is C17H22O. The van der Waals surface area contributed by atoms with Crippen LogP contribution in [0.25, 0.3) is 0 Å². The number of benzene rings is 1. The van der Waals surface area contributed by atoms with Crippen LogP contribution in [0, 0.1) is 17.8 Å². The van der Waals surface area contributed by atoms with E-state index >= 15 is 0 Å². The lowest BCUT2D eigenvalue weighted by Crippen LogP contribution is -2.03. The highest BCUT2D eigenvalue weighted by atomic mass is 16.3. The maximum absolute atomic E-state index is 9.46. The van der Waals surface area contributed by atoms with Crippen LogP contribution in [0.3, 0.4) is 0 Å². The smallest absolute Gasteiger partial charge is 0.0546 e.